The lowest BCUT2D eigenvalue weighted by Crippen LogP contribution is -2.22. The minimum absolute atomic E-state index is 0. The molecular formula is C10H18Cl2N4S. The maximum atomic E-state index is 4.62. The van der Waals surface area contributed by atoms with E-state index < -0.39 is 0 Å². The van der Waals surface area contributed by atoms with Crippen LogP contribution in [0.15, 0.2) is 0 Å². The van der Waals surface area contributed by atoms with Crippen LogP contribution >= 0.6 is 36.3 Å². The van der Waals surface area contributed by atoms with Crippen LogP contribution in [0, 0.1) is 5.92 Å². The summed E-state index contributed by atoms with van der Waals surface area (Å²) in [6, 6.07) is 0. The number of anilines is 1. The van der Waals surface area contributed by atoms with E-state index in [2.05, 4.69) is 14.3 Å². The molecular weight excluding hydrogens is 279 g/mol. The predicted molar refractivity (Wildman–Crippen MR) is 76.0 cm³/mol. The first kappa shape index (κ1) is 15.0. The zero-order valence-electron chi connectivity index (χ0n) is 10.00. The van der Waals surface area contributed by atoms with Crippen molar-refractivity contribution >= 4 is 42.3 Å². The van der Waals surface area contributed by atoms with E-state index in [0.717, 1.165) is 11.9 Å². The molecule has 3 unspecified atom stereocenters. The summed E-state index contributed by atoms with van der Waals surface area (Å²) in [6.45, 7) is 3.77. The van der Waals surface area contributed by atoms with Gasteiger partial charge in [0.15, 0.2) is 0 Å². The van der Waals surface area contributed by atoms with Gasteiger partial charge >= 0.3 is 0 Å². The molecule has 0 saturated carbocycles. The van der Waals surface area contributed by atoms with Gasteiger partial charge in [0.05, 0.1) is 0 Å². The molecule has 0 aromatic carbocycles. The van der Waals surface area contributed by atoms with E-state index in [-0.39, 0.29) is 24.8 Å². The van der Waals surface area contributed by atoms with Gasteiger partial charge in [-0.25, -0.2) is 4.98 Å². The zero-order chi connectivity index (χ0) is 10.4. The second-order valence-corrected chi connectivity index (χ2v) is 5.53. The average molecular weight is 297 g/mol. The third-order valence-electron chi connectivity index (χ3n) is 3.48. The first-order chi connectivity index (χ1) is 7.24. The van der Waals surface area contributed by atoms with Gasteiger partial charge < -0.3 is 9.80 Å². The van der Waals surface area contributed by atoms with E-state index in [1.165, 1.54) is 31.1 Å². The number of halogens is 2. The minimum atomic E-state index is 0. The molecule has 2 aliphatic heterocycles. The highest BCUT2D eigenvalue weighted by Gasteiger charge is 2.40. The highest BCUT2D eigenvalue weighted by molar-refractivity contribution is 7.05. The molecule has 0 aliphatic carbocycles. The van der Waals surface area contributed by atoms with Gasteiger partial charge in [0.25, 0.3) is 0 Å². The smallest absolute Gasteiger partial charge is 0.236 e. The fourth-order valence-electron chi connectivity index (χ4n) is 2.62. The predicted octanol–water partition coefficient (Wildman–Crippen LogP) is 1.87. The van der Waals surface area contributed by atoms with Crippen LogP contribution in [0.4, 0.5) is 5.95 Å². The van der Waals surface area contributed by atoms with Crippen molar-refractivity contribution in [1.29, 1.82) is 0 Å². The Morgan fingerprint density at radius 2 is 2.06 bits per heavy atom. The van der Waals surface area contributed by atoms with Gasteiger partial charge in [-0.15, -0.1) is 24.8 Å². The Bertz CT molecular complexity index is 371. The molecule has 1 aromatic heterocycles. The number of piperidine rings is 1. The summed E-state index contributed by atoms with van der Waals surface area (Å²) < 4.78 is 4.38. The number of nitrogens with zero attached hydrogens (tertiary/aromatic N) is 4. The molecule has 2 fully saturated rings. The third-order valence-corrected chi connectivity index (χ3v) is 4.32. The topological polar surface area (TPSA) is 32.3 Å². The Kier molecular flexibility index (Phi) is 5.01. The van der Waals surface area contributed by atoms with Crippen molar-refractivity contribution in [2.45, 2.75) is 12.3 Å². The lowest BCUT2D eigenvalue weighted by atomic mass is 9.93. The van der Waals surface area contributed by atoms with Crippen LogP contribution in [0.3, 0.4) is 0 Å². The molecule has 3 rings (SSSR count). The summed E-state index contributed by atoms with van der Waals surface area (Å²) in [7, 11) is 3.99. The van der Waals surface area contributed by atoms with Crippen LogP contribution < -0.4 is 4.90 Å². The molecule has 2 bridgehead atoms. The second-order valence-electron chi connectivity index (χ2n) is 4.74. The number of hydrogen-bond donors (Lipinski definition) is 0. The van der Waals surface area contributed by atoms with Crippen molar-refractivity contribution in [3.63, 3.8) is 0 Å². The average Bonchev–Trinajstić information content (AvgIpc) is 2.93. The summed E-state index contributed by atoms with van der Waals surface area (Å²) in [5.74, 6) is 2.37. The van der Waals surface area contributed by atoms with Crippen LogP contribution in [0.5, 0.6) is 0 Å². The first-order valence-electron chi connectivity index (χ1n) is 5.47. The fourth-order valence-corrected chi connectivity index (χ4v) is 3.53. The molecule has 0 spiro atoms. The number of rotatable bonds is 2. The molecule has 2 saturated heterocycles. The Balaban J connectivity index is 0.000000722. The Hall–Kier alpha value is -0.100. The van der Waals surface area contributed by atoms with E-state index in [0.29, 0.717) is 5.92 Å². The molecule has 3 atom stereocenters. The van der Waals surface area contributed by atoms with Crippen molar-refractivity contribution in [3.8, 4) is 0 Å². The number of aromatic nitrogens is 2. The van der Waals surface area contributed by atoms with Crippen molar-refractivity contribution in [1.82, 2.24) is 14.3 Å². The van der Waals surface area contributed by atoms with Crippen LogP contribution in [0.1, 0.15) is 17.3 Å². The Labute approximate surface area is 118 Å². The molecule has 3 heterocycles. The maximum absolute atomic E-state index is 4.62. The summed E-state index contributed by atoms with van der Waals surface area (Å²) in [6.07, 6.45) is 1.35. The third kappa shape index (κ3) is 2.67. The highest BCUT2D eigenvalue weighted by Crippen LogP contribution is 2.40. The number of hydrogen-bond acceptors (Lipinski definition) is 5. The first-order valence-corrected chi connectivity index (χ1v) is 6.24. The fraction of sp³-hybridized carbons (Fsp3) is 0.800. The second kappa shape index (κ2) is 5.69. The van der Waals surface area contributed by atoms with Gasteiger partial charge in [-0.2, -0.15) is 4.37 Å². The van der Waals surface area contributed by atoms with Gasteiger partial charge in [-0.1, -0.05) is 0 Å². The molecule has 2 aliphatic rings. The van der Waals surface area contributed by atoms with E-state index in [4.69, 9.17) is 0 Å². The minimum Gasteiger partial charge on any atom is -0.346 e. The lowest BCUT2D eigenvalue weighted by Gasteiger charge is -2.19. The van der Waals surface area contributed by atoms with Crippen molar-refractivity contribution < 1.29 is 0 Å². The molecule has 1 aromatic rings. The van der Waals surface area contributed by atoms with E-state index in [1.54, 1.807) is 11.5 Å². The van der Waals surface area contributed by atoms with Gasteiger partial charge in [-0.3, -0.25) is 0 Å². The summed E-state index contributed by atoms with van der Waals surface area (Å²) in [5.41, 5.74) is 0. The van der Waals surface area contributed by atoms with E-state index in [1.807, 2.05) is 19.0 Å². The molecule has 4 nitrogen and oxygen atoms in total. The molecule has 0 amide bonds. The molecule has 17 heavy (non-hydrogen) atoms. The zero-order valence-corrected chi connectivity index (χ0v) is 12.4. The SMILES string of the molecule is CN(C)c1nsc(C2CN3CCC2C3)n1.Cl.Cl. The van der Waals surface area contributed by atoms with Gasteiger partial charge in [0, 0.05) is 33.1 Å². The monoisotopic (exact) mass is 296 g/mol. The van der Waals surface area contributed by atoms with Gasteiger partial charge in [-0.05, 0) is 30.4 Å². The van der Waals surface area contributed by atoms with Crippen molar-refractivity contribution in [3.05, 3.63) is 5.01 Å². The van der Waals surface area contributed by atoms with Crippen LogP contribution in [-0.4, -0.2) is 48.0 Å². The molecule has 7 heteroatoms. The molecule has 0 N–H and O–H groups in total. The largest absolute Gasteiger partial charge is 0.346 e. The van der Waals surface area contributed by atoms with Gasteiger partial charge in [0.1, 0.15) is 5.01 Å². The van der Waals surface area contributed by atoms with Crippen molar-refractivity contribution in [2.75, 3.05) is 38.6 Å². The van der Waals surface area contributed by atoms with Gasteiger partial charge in [0.2, 0.25) is 5.95 Å². The summed E-state index contributed by atoms with van der Waals surface area (Å²) in [5, 5.41) is 1.24. The van der Waals surface area contributed by atoms with Crippen LogP contribution in [-0.2, 0) is 0 Å². The summed E-state index contributed by atoms with van der Waals surface area (Å²) >= 11 is 1.59. The summed E-state index contributed by atoms with van der Waals surface area (Å²) in [4.78, 5) is 9.14. The number of fused-ring (bicyclic) bond motifs is 2. The highest BCUT2D eigenvalue weighted by atomic mass is 35.5. The standard InChI is InChI=1S/C10H16N4S.2ClH/c1-13(2)10-11-9(15-12-10)8-6-14-4-3-7(8)5-14;;/h7-8H,3-6H2,1-2H3;2*1H. The molecule has 98 valence electrons. The molecule has 0 radical (unpaired) electrons. The lowest BCUT2D eigenvalue weighted by molar-refractivity contribution is 0.346. The Morgan fingerprint density at radius 3 is 2.53 bits per heavy atom. The van der Waals surface area contributed by atoms with E-state index >= 15 is 0 Å². The van der Waals surface area contributed by atoms with Crippen LogP contribution in [0.25, 0.3) is 0 Å². The maximum Gasteiger partial charge on any atom is 0.236 e. The van der Waals surface area contributed by atoms with Crippen molar-refractivity contribution in [2.24, 2.45) is 5.92 Å². The van der Waals surface area contributed by atoms with Crippen LogP contribution in [0.2, 0.25) is 0 Å². The normalized spacial score (nSPS) is 29.6. The van der Waals surface area contributed by atoms with E-state index in [9.17, 15) is 0 Å². The quantitative estimate of drug-likeness (QED) is 0.834. The Morgan fingerprint density at radius 1 is 1.29 bits per heavy atom.